The van der Waals surface area contributed by atoms with Gasteiger partial charge in [0, 0.05) is 6.04 Å². The summed E-state index contributed by atoms with van der Waals surface area (Å²) >= 11 is 0. The average Bonchev–Trinajstić information content (AvgIpc) is 2.28. The van der Waals surface area contributed by atoms with Crippen LogP contribution in [-0.4, -0.2) is 18.6 Å². The average molecular weight is 235 g/mol. The highest BCUT2D eigenvalue weighted by Crippen LogP contribution is 2.15. The lowest BCUT2D eigenvalue weighted by molar-refractivity contribution is -0.123. The third-order valence-corrected chi connectivity index (χ3v) is 2.58. The van der Waals surface area contributed by atoms with Crippen LogP contribution in [-0.2, 0) is 4.79 Å². The van der Waals surface area contributed by atoms with Crippen molar-refractivity contribution in [2.45, 2.75) is 39.7 Å². The predicted molar refractivity (Wildman–Crippen MR) is 69.2 cm³/mol. The van der Waals surface area contributed by atoms with E-state index in [-0.39, 0.29) is 18.6 Å². The van der Waals surface area contributed by atoms with Crippen molar-refractivity contribution in [3.05, 3.63) is 29.8 Å². The molecule has 0 saturated heterocycles. The number of rotatable bonds is 6. The summed E-state index contributed by atoms with van der Waals surface area (Å²) in [6.07, 6.45) is 2.07. The highest BCUT2D eigenvalue weighted by Gasteiger charge is 2.07. The summed E-state index contributed by atoms with van der Waals surface area (Å²) in [6.45, 7) is 6.16. The molecular formula is C14H21NO2. The summed E-state index contributed by atoms with van der Waals surface area (Å²) in [5.74, 6) is 0.708. The number of amides is 1. The summed E-state index contributed by atoms with van der Waals surface area (Å²) in [6, 6.07) is 7.91. The Morgan fingerprint density at radius 3 is 2.76 bits per heavy atom. The van der Waals surface area contributed by atoms with Gasteiger partial charge in [-0.25, -0.2) is 0 Å². The number of ether oxygens (including phenoxy) is 1. The molecule has 1 atom stereocenters. The van der Waals surface area contributed by atoms with E-state index in [4.69, 9.17) is 4.74 Å². The highest BCUT2D eigenvalue weighted by atomic mass is 16.5. The van der Waals surface area contributed by atoms with Gasteiger partial charge in [-0.2, -0.15) is 0 Å². The Hall–Kier alpha value is -1.51. The molecule has 94 valence electrons. The van der Waals surface area contributed by atoms with Crippen LogP contribution in [0.1, 0.15) is 32.3 Å². The minimum absolute atomic E-state index is 0.0609. The molecule has 0 heterocycles. The molecule has 1 aromatic rings. The van der Waals surface area contributed by atoms with Crippen LogP contribution in [0.5, 0.6) is 5.75 Å². The fraction of sp³-hybridized carbons (Fsp3) is 0.500. The van der Waals surface area contributed by atoms with E-state index in [2.05, 4.69) is 12.2 Å². The second kappa shape index (κ2) is 6.94. The van der Waals surface area contributed by atoms with Crippen LogP contribution in [0, 0.1) is 6.92 Å². The van der Waals surface area contributed by atoms with Crippen LogP contribution in [0.15, 0.2) is 24.3 Å². The Kier molecular flexibility index (Phi) is 5.53. The van der Waals surface area contributed by atoms with E-state index < -0.39 is 0 Å². The number of para-hydroxylation sites is 1. The molecule has 1 amide bonds. The van der Waals surface area contributed by atoms with Crippen LogP contribution in [0.4, 0.5) is 0 Å². The number of hydrogen-bond acceptors (Lipinski definition) is 2. The van der Waals surface area contributed by atoms with Gasteiger partial charge in [0.15, 0.2) is 6.61 Å². The van der Waals surface area contributed by atoms with Gasteiger partial charge in [0.2, 0.25) is 0 Å². The van der Waals surface area contributed by atoms with Crippen LogP contribution in [0.3, 0.4) is 0 Å². The van der Waals surface area contributed by atoms with E-state index in [1.807, 2.05) is 38.1 Å². The summed E-state index contributed by atoms with van der Waals surface area (Å²) < 4.78 is 5.47. The maximum Gasteiger partial charge on any atom is 0.258 e. The molecule has 0 aliphatic heterocycles. The first-order chi connectivity index (χ1) is 8.13. The van der Waals surface area contributed by atoms with Crippen molar-refractivity contribution >= 4 is 5.91 Å². The van der Waals surface area contributed by atoms with Crippen LogP contribution in [0.2, 0.25) is 0 Å². The van der Waals surface area contributed by atoms with Gasteiger partial charge in [0.1, 0.15) is 5.75 Å². The zero-order valence-electron chi connectivity index (χ0n) is 10.8. The van der Waals surface area contributed by atoms with E-state index in [1.54, 1.807) is 0 Å². The normalized spacial score (nSPS) is 11.9. The molecule has 0 aliphatic rings. The topological polar surface area (TPSA) is 38.3 Å². The first-order valence-electron chi connectivity index (χ1n) is 6.11. The van der Waals surface area contributed by atoms with Gasteiger partial charge in [-0.1, -0.05) is 31.5 Å². The smallest absolute Gasteiger partial charge is 0.258 e. The van der Waals surface area contributed by atoms with Gasteiger partial charge in [-0.15, -0.1) is 0 Å². The number of hydrogen-bond donors (Lipinski definition) is 1. The molecule has 0 fully saturated rings. The maximum atomic E-state index is 11.6. The minimum atomic E-state index is -0.0609. The van der Waals surface area contributed by atoms with Gasteiger partial charge in [-0.3, -0.25) is 4.79 Å². The van der Waals surface area contributed by atoms with Crippen LogP contribution in [0.25, 0.3) is 0 Å². The molecular weight excluding hydrogens is 214 g/mol. The Balaban J connectivity index is 2.36. The molecule has 1 aromatic carbocycles. The van der Waals surface area contributed by atoms with Crippen molar-refractivity contribution in [2.75, 3.05) is 6.61 Å². The Bertz CT molecular complexity index is 363. The van der Waals surface area contributed by atoms with Crippen molar-refractivity contribution in [3.63, 3.8) is 0 Å². The van der Waals surface area contributed by atoms with E-state index >= 15 is 0 Å². The molecule has 17 heavy (non-hydrogen) atoms. The van der Waals surface area contributed by atoms with E-state index in [0.717, 1.165) is 24.2 Å². The summed E-state index contributed by atoms with van der Waals surface area (Å²) in [7, 11) is 0. The molecule has 1 N–H and O–H groups in total. The molecule has 1 rings (SSSR count). The lowest BCUT2D eigenvalue weighted by Gasteiger charge is -2.13. The van der Waals surface area contributed by atoms with Gasteiger partial charge < -0.3 is 10.1 Å². The molecule has 0 radical (unpaired) electrons. The van der Waals surface area contributed by atoms with Crippen LogP contribution >= 0.6 is 0 Å². The number of aryl methyl sites for hydroxylation is 1. The molecule has 0 saturated carbocycles. The molecule has 0 spiro atoms. The fourth-order valence-corrected chi connectivity index (χ4v) is 1.68. The SMILES string of the molecule is CCC[C@H](C)NC(=O)COc1ccccc1C. The molecule has 0 unspecified atom stereocenters. The van der Waals surface area contributed by atoms with Gasteiger partial charge >= 0.3 is 0 Å². The summed E-state index contributed by atoms with van der Waals surface area (Å²) in [5, 5.41) is 2.91. The molecule has 0 aromatic heterocycles. The Morgan fingerprint density at radius 1 is 1.41 bits per heavy atom. The van der Waals surface area contributed by atoms with E-state index in [1.165, 1.54) is 0 Å². The summed E-state index contributed by atoms with van der Waals surface area (Å²) in [5.41, 5.74) is 1.04. The second-order valence-electron chi connectivity index (χ2n) is 4.31. The van der Waals surface area contributed by atoms with Crippen molar-refractivity contribution in [1.29, 1.82) is 0 Å². The van der Waals surface area contributed by atoms with Gasteiger partial charge in [0.25, 0.3) is 5.91 Å². The van der Waals surface area contributed by atoms with Gasteiger partial charge in [-0.05, 0) is 31.9 Å². The van der Waals surface area contributed by atoms with E-state index in [0.29, 0.717) is 0 Å². The lowest BCUT2D eigenvalue weighted by atomic mass is 10.2. The number of benzene rings is 1. The zero-order valence-corrected chi connectivity index (χ0v) is 10.8. The third kappa shape index (κ3) is 4.89. The molecule has 3 nitrogen and oxygen atoms in total. The van der Waals surface area contributed by atoms with Crippen molar-refractivity contribution in [2.24, 2.45) is 0 Å². The fourth-order valence-electron chi connectivity index (χ4n) is 1.68. The number of carbonyl (C=O) groups is 1. The maximum absolute atomic E-state index is 11.6. The standard InChI is InChI=1S/C14H21NO2/c1-4-7-12(3)15-14(16)10-17-13-9-6-5-8-11(13)2/h5-6,8-9,12H,4,7,10H2,1-3H3,(H,15,16)/t12-/m0/s1. The van der Waals surface area contributed by atoms with Gasteiger partial charge in [0.05, 0.1) is 0 Å². The Morgan fingerprint density at radius 2 is 2.12 bits per heavy atom. The molecule has 3 heteroatoms. The summed E-state index contributed by atoms with van der Waals surface area (Å²) in [4.78, 5) is 11.6. The number of carbonyl (C=O) groups excluding carboxylic acids is 1. The quantitative estimate of drug-likeness (QED) is 0.823. The van der Waals surface area contributed by atoms with Crippen molar-refractivity contribution in [3.8, 4) is 5.75 Å². The van der Waals surface area contributed by atoms with Crippen molar-refractivity contribution < 1.29 is 9.53 Å². The van der Waals surface area contributed by atoms with E-state index in [9.17, 15) is 4.79 Å². The molecule has 0 aliphatic carbocycles. The predicted octanol–water partition coefficient (Wildman–Crippen LogP) is 2.68. The largest absolute Gasteiger partial charge is 0.484 e. The first-order valence-corrected chi connectivity index (χ1v) is 6.11. The highest BCUT2D eigenvalue weighted by molar-refractivity contribution is 5.77. The monoisotopic (exact) mass is 235 g/mol. The minimum Gasteiger partial charge on any atom is -0.484 e. The lowest BCUT2D eigenvalue weighted by Crippen LogP contribution is -2.36. The first kappa shape index (κ1) is 13.6. The Labute approximate surface area is 103 Å². The molecule has 0 bridgehead atoms. The van der Waals surface area contributed by atoms with Crippen molar-refractivity contribution in [1.82, 2.24) is 5.32 Å². The third-order valence-electron chi connectivity index (χ3n) is 2.58. The zero-order chi connectivity index (χ0) is 12.7. The number of nitrogens with one attached hydrogen (secondary N) is 1. The van der Waals surface area contributed by atoms with Crippen LogP contribution < -0.4 is 10.1 Å². The second-order valence-corrected chi connectivity index (χ2v) is 4.31.